The molecule has 1 N–H and O–H groups in total. The summed E-state index contributed by atoms with van der Waals surface area (Å²) >= 11 is 6.13. The van der Waals surface area contributed by atoms with E-state index in [0.717, 1.165) is 10.6 Å². The largest absolute Gasteiger partial charge is 0.381 e. The minimum Gasteiger partial charge on any atom is -0.381 e. The molecule has 1 fully saturated rings. The van der Waals surface area contributed by atoms with Crippen LogP contribution >= 0.6 is 11.6 Å². The van der Waals surface area contributed by atoms with E-state index in [1.165, 1.54) is 12.1 Å². The molecule has 162 valence electrons. The fraction of sp³-hybridized carbons (Fsp3) is 0.250. The lowest BCUT2D eigenvalue weighted by atomic mass is 10.1. The number of pyridine rings is 1. The second kappa shape index (κ2) is 9.04. The Morgan fingerprint density at radius 1 is 1.13 bits per heavy atom. The van der Waals surface area contributed by atoms with Crippen LogP contribution < -0.4 is 5.06 Å². The Hall–Kier alpha value is -2.95. The molecule has 1 aromatic carbocycles. The van der Waals surface area contributed by atoms with Gasteiger partial charge < -0.3 is 9.57 Å². The number of aromatic nitrogens is 3. The van der Waals surface area contributed by atoms with Crippen molar-refractivity contribution in [3.8, 4) is 11.3 Å². The molecule has 0 aliphatic carbocycles. The molecule has 4 rings (SSSR count). The molecule has 0 amide bonds. The lowest BCUT2D eigenvalue weighted by Crippen LogP contribution is -2.29. The van der Waals surface area contributed by atoms with Crippen molar-refractivity contribution < 1.29 is 22.8 Å². The molecule has 11 heteroatoms. The summed E-state index contributed by atoms with van der Waals surface area (Å²) in [5.41, 5.74) is 1.54. The highest BCUT2D eigenvalue weighted by Crippen LogP contribution is 2.31. The highest BCUT2D eigenvalue weighted by molar-refractivity contribution is 7.92. The van der Waals surface area contributed by atoms with Gasteiger partial charge in [0.05, 0.1) is 15.8 Å². The lowest BCUT2D eigenvalue weighted by Gasteiger charge is -2.23. The first kappa shape index (κ1) is 21.3. The zero-order valence-electron chi connectivity index (χ0n) is 16.3. The fourth-order valence-corrected chi connectivity index (χ4v) is 5.37. The average Bonchev–Trinajstić information content (AvgIpc) is 3.28. The van der Waals surface area contributed by atoms with Gasteiger partial charge in [-0.25, -0.2) is 13.4 Å². The number of benzene rings is 1. The molecule has 9 nitrogen and oxygen atoms in total. The van der Waals surface area contributed by atoms with Gasteiger partial charge in [0, 0.05) is 25.3 Å². The molecule has 1 saturated heterocycles. The van der Waals surface area contributed by atoms with E-state index < -0.39 is 15.1 Å². The van der Waals surface area contributed by atoms with Gasteiger partial charge in [0.15, 0.2) is 21.5 Å². The van der Waals surface area contributed by atoms with E-state index in [0.29, 0.717) is 31.7 Å². The highest BCUT2D eigenvalue weighted by atomic mass is 35.5. The summed E-state index contributed by atoms with van der Waals surface area (Å²) in [6, 6.07) is 13.7. The van der Waals surface area contributed by atoms with E-state index in [-0.39, 0.29) is 28.2 Å². The van der Waals surface area contributed by atoms with Gasteiger partial charge in [-0.05, 0) is 24.5 Å². The van der Waals surface area contributed by atoms with E-state index in [1.807, 2.05) is 30.3 Å². The number of carbonyl (C=O) groups is 1. The number of carbonyl (C=O) groups excluding carboxylic acids is 1. The quantitative estimate of drug-likeness (QED) is 0.323. The summed E-state index contributed by atoms with van der Waals surface area (Å²) in [7, 11) is -3.68. The predicted molar refractivity (Wildman–Crippen MR) is 114 cm³/mol. The van der Waals surface area contributed by atoms with Crippen molar-refractivity contribution in [3.63, 3.8) is 0 Å². The summed E-state index contributed by atoms with van der Waals surface area (Å²) in [4.78, 5) is 20.4. The molecule has 0 radical (unpaired) electrons. The third-order valence-electron chi connectivity index (χ3n) is 4.90. The molecule has 0 atom stereocenters. The van der Waals surface area contributed by atoms with Gasteiger partial charge in [-0.3, -0.25) is 9.89 Å². The Morgan fingerprint density at radius 3 is 2.58 bits per heavy atom. The maximum atomic E-state index is 13.1. The molecule has 0 unspecified atom stereocenters. The van der Waals surface area contributed by atoms with Gasteiger partial charge in [-0.1, -0.05) is 41.9 Å². The van der Waals surface area contributed by atoms with Gasteiger partial charge >= 0.3 is 6.47 Å². The molecule has 1 aliphatic heterocycles. The van der Waals surface area contributed by atoms with Crippen molar-refractivity contribution in [2.45, 2.75) is 23.0 Å². The molecule has 2 aromatic heterocycles. The Bertz CT molecular complexity index is 1160. The molecule has 0 spiro atoms. The molecular weight excluding hydrogens is 444 g/mol. The first-order chi connectivity index (χ1) is 15.0. The Morgan fingerprint density at radius 2 is 1.87 bits per heavy atom. The van der Waals surface area contributed by atoms with Crippen molar-refractivity contribution in [1.29, 1.82) is 0 Å². The SMILES string of the molecule is O=CON(c1cc(-c2ccccc2)[nH]n1)c1cc(S(=O)(=O)C2CCOCC2)cc(Cl)n1. The van der Waals surface area contributed by atoms with Gasteiger partial charge in [0.25, 0.3) is 0 Å². The number of aromatic amines is 1. The smallest absolute Gasteiger partial charge is 0.321 e. The Kier molecular flexibility index (Phi) is 6.21. The van der Waals surface area contributed by atoms with E-state index in [1.54, 1.807) is 6.07 Å². The van der Waals surface area contributed by atoms with Crippen LogP contribution in [0.5, 0.6) is 0 Å². The third kappa shape index (κ3) is 4.55. The van der Waals surface area contributed by atoms with Gasteiger partial charge in [0.2, 0.25) is 0 Å². The molecular formula is C20H19ClN4O5S. The second-order valence-electron chi connectivity index (χ2n) is 6.84. The number of rotatable bonds is 7. The number of H-pyrrole nitrogens is 1. The van der Waals surface area contributed by atoms with Gasteiger partial charge in [-0.2, -0.15) is 5.10 Å². The number of hydrogen-bond donors (Lipinski definition) is 1. The van der Waals surface area contributed by atoms with Crippen molar-refractivity contribution in [2.24, 2.45) is 0 Å². The molecule has 0 saturated carbocycles. The number of nitrogens with zero attached hydrogens (tertiary/aromatic N) is 3. The van der Waals surface area contributed by atoms with Crippen LogP contribution in [0.2, 0.25) is 5.15 Å². The second-order valence-corrected chi connectivity index (χ2v) is 9.46. The molecule has 3 heterocycles. The fourth-order valence-electron chi connectivity index (χ4n) is 3.36. The Labute approximate surface area is 183 Å². The number of hydrogen-bond acceptors (Lipinski definition) is 8. The predicted octanol–water partition coefficient (Wildman–Crippen LogP) is 3.30. The van der Waals surface area contributed by atoms with E-state index in [4.69, 9.17) is 21.2 Å². The van der Waals surface area contributed by atoms with Crippen LogP contribution in [0.1, 0.15) is 12.8 Å². The molecule has 1 aliphatic rings. The number of halogens is 1. The molecule has 3 aromatic rings. The minimum absolute atomic E-state index is 0.00674. The minimum atomic E-state index is -3.68. The first-order valence-electron chi connectivity index (χ1n) is 9.49. The maximum absolute atomic E-state index is 13.1. The van der Waals surface area contributed by atoms with Crippen molar-refractivity contribution in [2.75, 3.05) is 18.3 Å². The monoisotopic (exact) mass is 462 g/mol. The summed E-state index contributed by atoms with van der Waals surface area (Å²) in [5, 5.41) is 7.41. The van der Waals surface area contributed by atoms with Crippen LogP contribution in [-0.2, 0) is 24.2 Å². The van der Waals surface area contributed by atoms with Crippen LogP contribution in [0.25, 0.3) is 11.3 Å². The van der Waals surface area contributed by atoms with Crippen molar-refractivity contribution in [3.05, 3.63) is 53.7 Å². The lowest BCUT2D eigenvalue weighted by molar-refractivity contribution is -0.128. The molecule has 31 heavy (non-hydrogen) atoms. The number of ether oxygens (including phenoxy) is 1. The number of anilines is 2. The van der Waals surface area contributed by atoms with Crippen molar-refractivity contribution >= 4 is 39.5 Å². The highest BCUT2D eigenvalue weighted by Gasteiger charge is 2.31. The summed E-state index contributed by atoms with van der Waals surface area (Å²) in [6.07, 6.45) is 0.790. The summed E-state index contributed by atoms with van der Waals surface area (Å²) in [5.74, 6) is 0.214. The van der Waals surface area contributed by atoms with Crippen LogP contribution in [0.15, 0.2) is 53.4 Å². The number of sulfone groups is 1. The maximum Gasteiger partial charge on any atom is 0.321 e. The number of nitrogens with one attached hydrogen (secondary N) is 1. The van der Waals surface area contributed by atoms with Crippen LogP contribution in [0.3, 0.4) is 0 Å². The zero-order valence-corrected chi connectivity index (χ0v) is 17.8. The summed E-state index contributed by atoms with van der Waals surface area (Å²) in [6.45, 7) is 0.961. The first-order valence-corrected chi connectivity index (χ1v) is 11.4. The topological polar surface area (TPSA) is 114 Å². The van der Waals surface area contributed by atoms with Crippen LogP contribution in [0, 0.1) is 0 Å². The van der Waals surface area contributed by atoms with Crippen LogP contribution in [-0.4, -0.2) is 48.5 Å². The molecule has 0 bridgehead atoms. The van der Waals surface area contributed by atoms with E-state index >= 15 is 0 Å². The van der Waals surface area contributed by atoms with Gasteiger partial charge in [-0.15, -0.1) is 5.06 Å². The summed E-state index contributed by atoms with van der Waals surface area (Å²) < 4.78 is 31.5. The van der Waals surface area contributed by atoms with Gasteiger partial charge in [0.1, 0.15) is 5.15 Å². The zero-order chi connectivity index (χ0) is 21.8. The van der Waals surface area contributed by atoms with Crippen LogP contribution in [0.4, 0.5) is 11.6 Å². The Balaban J connectivity index is 1.71. The third-order valence-corrected chi connectivity index (χ3v) is 7.34. The standard InChI is InChI=1S/C20H19ClN4O5S/c21-18-10-16(31(27,28)15-6-8-29-9-7-15)11-19(22-18)25(30-13-26)20-12-17(23-24-20)14-4-2-1-3-5-14/h1-5,10-13,15H,6-9H2,(H,23,24). The average molecular weight is 463 g/mol. The normalized spacial score (nSPS) is 14.9. The van der Waals surface area contributed by atoms with E-state index in [2.05, 4.69) is 15.2 Å². The van der Waals surface area contributed by atoms with Crippen molar-refractivity contribution in [1.82, 2.24) is 15.2 Å². The van der Waals surface area contributed by atoms with E-state index in [9.17, 15) is 13.2 Å².